The summed E-state index contributed by atoms with van der Waals surface area (Å²) in [5.74, 6) is -0.917. The van der Waals surface area contributed by atoms with Gasteiger partial charge in [-0.3, -0.25) is 4.79 Å². The zero-order chi connectivity index (χ0) is 18.7. The SMILES string of the molecule is Cc1cccc(NC(=O)[C@@H](C)c2ccc(-c3ccccc3)c(F)c2)c1C. The fourth-order valence-electron chi connectivity index (χ4n) is 2.93. The molecule has 0 aliphatic carbocycles. The van der Waals surface area contributed by atoms with E-state index in [0.717, 1.165) is 22.4 Å². The van der Waals surface area contributed by atoms with Gasteiger partial charge >= 0.3 is 0 Å². The quantitative estimate of drug-likeness (QED) is 0.630. The lowest BCUT2D eigenvalue weighted by molar-refractivity contribution is -0.117. The van der Waals surface area contributed by atoms with E-state index in [0.29, 0.717) is 11.1 Å². The largest absolute Gasteiger partial charge is 0.325 e. The molecule has 0 aliphatic heterocycles. The molecule has 1 amide bonds. The van der Waals surface area contributed by atoms with Gasteiger partial charge in [0.1, 0.15) is 5.82 Å². The molecule has 0 saturated carbocycles. The van der Waals surface area contributed by atoms with E-state index >= 15 is 0 Å². The molecule has 3 aromatic carbocycles. The molecule has 1 atom stereocenters. The number of aryl methyl sites for hydroxylation is 1. The highest BCUT2D eigenvalue weighted by Crippen LogP contribution is 2.27. The van der Waals surface area contributed by atoms with Gasteiger partial charge in [-0.25, -0.2) is 4.39 Å². The van der Waals surface area contributed by atoms with Gasteiger partial charge in [0.2, 0.25) is 5.91 Å². The van der Waals surface area contributed by atoms with Crippen molar-refractivity contribution in [3.63, 3.8) is 0 Å². The van der Waals surface area contributed by atoms with Crippen molar-refractivity contribution in [3.8, 4) is 11.1 Å². The Balaban J connectivity index is 1.81. The minimum atomic E-state index is -0.450. The number of halogens is 1. The van der Waals surface area contributed by atoms with Crippen LogP contribution >= 0.6 is 0 Å². The third-order valence-electron chi connectivity index (χ3n) is 4.83. The van der Waals surface area contributed by atoms with Crippen LogP contribution in [-0.4, -0.2) is 5.91 Å². The smallest absolute Gasteiger partial charge is 0.231 e. The van der Waals surface area contributed by atoms with Crippen LogP contribution in [0.4, 0.5) is 10.1 Å². The Bertz CT molecular complexity index is 934. The second-order valence-electron chi connectivity index (χ2n) is 6.56. The molecular weight excluding hydrogens is 325 g/mol. The number of amides is 1. The number of carbonyl (C=O) groups excluding carboxylic acids is 1. The molecule has 3 rings (SSSR count). The average Bonchev–Trinajstić information content (AvgIpc) is 2.65. The van der Waals surface area contributed by atoms with Crippen LogP contribution in [-0.2, 0) is 4.79 Å². The fraction of sp³-hybridized carbons (Fsp3) is 0.174. The van der Waals surface area contributed by atoms with Crippen LogP contribution in [0.2, 0.25) is 0 Å². The van der Waals surface area contributed by atoms with E-state index in [9.17, 15) is 9.18 Å². The maximum absolute atomic E-state index is 14.6. The molecule has 0 saturated heterocycles. The minimum absolute atomic E-state index is 0.148. The maximum Gasteiger partial charge on any atom is 0.231 e. The summed E-state index contributed by atoms with van der Waals surface area (Å²) >= 11 is 0. The molecule has 0 spiro atoms. The van der Waals surface area contributed by atoms with Crippen molar-refractivity contribution in [3.05, 3.63) is 89.2 Å². The Labute approximate surface area is 153 Å². The second-order valence-corrected chi connectivity index (χ2v) is 6.56. The molecule has 132 valence electrons. The number of nitrogens with one attached hydrogen (secondary N) is 1. The molecule has 0 radical (unpaired) electrons. The number of carbonyl (C=O) groups is 1. The summed E-state index contributed by atoms with van der Waals surface area (Å²) in [7, 11) is 0. The third kappa shape index (κ3) is 3.67. The zero-order valence-electron chi connectivity index (χ0n) is 15.2. The molecule has 0 heterocycles. The van der Waals surface area contributed by atoms with E-state index in [1.165, 1.54) is 6.07 Å². The number of anilines is 1. The second kappa shape index (κ2) is 7.52. The summed E-state index contributed by atoms with van der Waals surface area (Å²) in [5, 5.41) is 2.95. The van der Waals surface area contributed by atoms with Gasteiger partial charge < -0.3 is 5.32 Å². The van der Waals surface area contributed by atoms with E-state index in [4.69, 9.17) is 0 Å². The van der Waals surface area contributed by atoms with Crippen LogP contribution in [0.1, 0.15) is 29.5 Å². The number of benzene rings is 3. The molecular formula is C23H22FNO. The van der Waals surface area contributed by atoms with Crippen molar-refractivity contribution in [2.24, 2.45) is 0 Å². The Hall–Kier alpha value is -2.94. The highest BCUT2D eigenvalue weighted by atomic mass is 19.1. The molecule has 2 nitrogen and oxygen atoms in total. The van der Waals surface area contributed by atoms with E-state index in [1.807, 2.05) is 68.4 Å². The molecule has 1 N–H and O–H groups in total. The first-order chi connectivity index (χ1) is 12.5. The number of hydrogen-bond donors (Lipinski definition) is 1. The van der Waals surface area contributed by atoms with Crippen molar-refractivity contribution in [1.29, 1.82) is 0 Å². The van der Waals surface area contributed by atoms with Crippen LogP contribution in [0.15, 0.2) is 66.7 Å². The molecule has 0 aromatic heterocycles. The Morgan fingerprint density at radius 1 is 0.962 bits per heavy atom. The summed E-state index contributed by atoms with van der Waals surface area (Å²) in [6.45, 7) is 5.77. The zero-order valence-corrected chi connectivity index (χ0v) is 15.2. The summed E-state index contributed by atoms with van der Waals surface area (Å²) in [6, 6.07) is 20.2. The standard InChI is InChI=1S/C23H22FNO/c1-15-8-7-11-22(16(15)2)25-23(26)17(3)19-12-13-20(21(24)14-19)18-9-5-4-6-10-18/h4-14,17H,1-3H3,(H,25,26)/t17-/m0/s1. The van der Waals surface area contributed by atoms with Crippen LogP contribution in [0.25, 0.3) is 11.1 Å². The van der Waals surface area contributed by atoms with Crippen LogP contribution in [0, 0.1) is 19.7 Å². The lowest BCUT2D eigenvalue weighted by atomic mass is 9.96. The van der Waals surface area contributed by atoms with Crippen molar-refractivity contribution in [1.82, 2.24) is 0 Å². The van der Waals surface area contributed by atoms with Gasteiger partial charge in [0, 0.05) is 11.3 Å². The van der Waals surface area contributed by atoms with Gasteiger partial charge in [0.15, 0.2) is 0 Å². The lowest BCUT2D eigenvalue weighted by Crippen LogP contribution is -2.19. The van der Waals surface area contributed by atoms with E-state index in [1.54, 1.807) is 13.0 Å². The first-order valence-corrected chi connectivity index (χ1v) is 8.69. The monoisotopic (exact) mass is 347 g/mol. The Morgan fingerprint density at radius 3 is 2.38 bits per heavy atom. The summed E-state index contributed by atoms with van der Waals surface area (Å²) in [6.07, 6.45) is 0. The van der Waals surface area contributed by atoms with Crippen molar-refractivity contribution in [2.45, 2.75) is 26.7 Å². The summed E-state index contributed by atoms with van der Waals surface area (Å²) in [5.41, 5.74) is 4.97. The third-order valence-corrected chi connectivity index (χ3v) is 4.83. The molecule has 3 heteroatoms. The topological polar surface area (TPSA) is 29.1 Å². The van der Waals surface area contributed by atoms with E-state index in [-0.39, 0.29) is 11.7 Å². The first kappa shape index (κ1) is 17.9. The van der Waals surface area contributed by atoms with Crippen molar-refractivity contribution in [2.75, 3.05) is 5.32 Å². The van der Waals surface area contributed by atoms with Crippen LogP contribution in [0.5, 0.6) is 0 Å². The van der Waals surface area contributed by atoms with Gasteiger partial charge in [0.25, 0.3) is 0 Å². The summed E-state index contributed by atoms with van der Waals surface area (Å²) in [4.78, 5) is 12.6. The highest BCUT2D eigenvalue weighted by molar-refractivity contribution is 5.96. The molecule has 0 fully saturated rings. The van der Waals surface area contributed by atoms with Gasteiger partial charge in [-0.15, -0.1) is 0 Å². The van der Waals surface area contributed by atoms with Gasteiger partial charge in [-0.2, -0.15) is 0 Å². The van der Waals surface area contributed by atoms with Crippen molar-refractivity contribution < 1.29 is 9.18 Å². The van der Waals surface area contributed by atoms with Crippen LogP contribution < -0.4 is 5.32 Å². The maximum atomic E-state index is 14.6. The van der Waals surface area contributed by atoms with E-state index in [2.05, 4.69) is 5.32 Å². The highest BCUT2D eigenvalue weighted by Gasteiger charge is 2.18. The molecule has 0 unspecified atom stereocenters. The Morgan fingerprint density at radius 2 is 1.69 bits per heavy atom. The van der Waals surface area contributed by atoms with Crippen LogP contribution in [0.3, 0.4) is 0 Å². The fourth-order valence-corrected chi connectivity index (χ4v) is 2.93. The van der Waals surface area contributed by atoms with E-state index < -0.39 is 5.92 Å². The molecule has 3 aromatic rings. The van der Waals surface area contributed by atoms with Gasteiger partial charge in [-0.1, -0.05) is 54.6 Å². The number of rotatable bonds is 4. The van der Waals surface area contributed by atoms with Gasteiger partial charge in [0.05, 0.1) is 5.92 Å². The first-order valence-electron chi connectivity index (χ1n) is 8.69. The molecule has 0 aliphatic rings. The van der Waals surface area contributed by atoms with Gasteiger partial charge in [-0.05, 0) is 55.2 Å². The predicted molar refractivity (Wildman–Crippen MR) is 105 cm³/mol. The Kier molecular flexibility index (Phi) is 5.17. The molecule has 26 heavy (non-hydrogen) atoms. The van der Waals surface area contributed by atoms with Crippen molar-refractivity contribution >= 4 is 11.6 Å². The summed E-state index contributed by atoms with van der Waals surface area (Å²) < 4.78 is 14.6. The molecule has 0 bridgehead atoms. The lowest BCUT2D eigenvalue weighted by Gasteiger charge is -2.16. The normalized spacial score (nSPS) is 11.8. The number of hydrogen-bond acceptors (Lipinski definition) is 1. The predicted octanol–water partition coefficient (Wildman–Crippen LogP) is 5.85. The average molecular weight is 347 g/mol. The minimum Gasteiger partial charge on any atom is -0.325 e.